The number of methoxy groups -OCH3 is 1. The van der Waals surface area contributed by atoms with Gasteiger partial charge in [-0.3, -0.25) is 0 Å². The van der Waals surface area contributed by atoms with E-state index in [1.807, 2.05) is 61.6 Å². The van der Waals surface area contributed by atoms with Gasteiger partial charge in [-0.25, -0.2) is 4.99 Å². The van der Waals surface area contributed by atoms with Crippen LogP contribution in [0.15, 0.2) is 53.3 Å². The number of benzodiazepines with no additional fused rings is 1. The topological polar surface area (TPSA) is 62.9 Å². The first-order valence-electron chi connectivity index (χ1n) is 7.91. The number of fused-ring (bicyclic) bond motifs is 1. The maximum Gasteiger partial charge on any atom is 0.143 e. The average Bonchev–Trinajstić information content (AvgIpc) is 2.71. The highest BCUT2D eigenvalue weighted by Crippen LogP contribution is 2.35. The van der Waals surface area contributed by atoms with E-state index in [9.17, 15) is 0 Å². The van der Waals surface area contributed by atoms with Crippen molar-refractivity contribution in [2.45, 2.75) is 0 Å². The third-order valence-corrected chi connectivity index (χ3v) is 4.49. The highest BCUT2D eigenvalue weighted by molar-refractivity contribution is 7.81. The number of nitrogens with one attached hydrogen (secondary N) is 1. The van der Waals surface area contributed by atoms with Crippen molar-refractivity contribution in [2.24, 2.45) is 4.99 Å². The van der Waals surface area contributed by atoms with E-state index in [0.717, 1.165) is 16.8 Å². The van der Waals surface area contributed by atoms with Gasteiger partial charge in [-0.2, -0.15) is 0 Å². The van der Waals surface area contributed by atoms with Crippen molar-refractivity contribution in [2.75, 3.05) is 32.3 Å². The molecule has 3 N–H and O–H groups in total. The van der Waals surface area contributed by atoms with Crippen LogP contribution >= 0.6 is 23.8 Å². The number of hydrogen-bond acceptors (Lipinski definition) is 5. The second-order valence-corrected chi connectivity index (χ2v) is 6.83. The Kier molecular flexibility index (Phi) is 5.15. The summed E-state index contributed by atoms with van der Waals surface area (Å²) in [6.07, 6.45) is 1.86. The number of hydrogen-bond donors (Lipinski definition) is 2. The van der Waals surface area contributed by atoms with E-state index in [0.29, 0.717) is 32.9 Å². The fourth-order valence-corrected chi connectivity index (χ4v) is 3.11. The van der Waals surface area contributed by atoms with E-state index in [-0.39, 0.29) is 0 Å². The fraction of sp³-hybridized carbons (Fsp3) is 0.158. The summed E-state index contributed by atoms with van der Waals surface area (Å²) in [5.41, 5.74) is 10.4. The van der Waals surface area contributed by atoms with Gasteiger partial charge in [0.15, 0.2) is 0 Å². The van der Waals surface area contributed by atoms with Gasteiger partial charge in [0.2, 0.25) is 0 Å². The van der Waals surface area contributed by atoms with E-state index in [1.165, 1.54) is 0 Å². The van der Waals surface area contributed by atoms with Crippen LogP contribution in [0.2, 0.25) is 5.02 Å². The number of rotatable bonds is 3. The highest BCUT2D eigenvalue weighted by Gasteiger charge is 2.23. The third kappa shape index (κ3) is 3.52. The number of ether oxygens (including phenoxy) is 1. The maximum absolute atomic E-state index is 6.45. The molecule has 7 heteroatoms. The summed E-state index contributed by atoms with van der Waals surface area (Å²) in [7, 11) is 5.41. The van der Waals surface area contributed by atoms with Gasteiger partial charge in [-0.05, 0) is 12.1 Å². The lowest BCUT2D eigenvalue weighted by Crippen LogP contribution is -2.13. The molecule has 0 aliphatic carbocycles. The molecule has 3 rings (SSSR count). The molecule has 0 atom stereocenters. The zero-order chi connectivity index (χ0) is 18.8. The molecule has 0 saturated heterocycles. The molecular formula is C19H19ClN4OS. The Morgan fingerprint density at radius 3 is 2.62 bits per heavy atom. The van der Waals surface area contributed by atoms with Crippen molar-refractivity contribution >= 4 is 45.9 Å². The summed E-state index contributed by atoms with van der Waals surface area (Å²) < 4.78 is 5.35. The molecule has 0 radical (unpaired) electrons. The molecule has 0 unspecified atom stereocenters. The molecule has 1 aliphatic rings. The van der Waals surface area contributed by atoms with Crippen LogP contribution in [0.4, 0.5) is 11.4 Å². The monoisotopic (exact) mass is 386 g/mol. The molecule has 1 aliphatic heterocycles. The van der Waals surface area contributed by atoms with Crippen LogP contribution in [0, 0.1) is 0 Å². The van der Waals surface area contributed by atoms with E-state index < -0.39 is 0 Å². The lowest BCUT2D eigenvalue weighted by molar-refractivity contribution is 0.417. The number of halogens is 1. The first-order valence-corrected chi connectivity index (χ1v) is 8.70. The molecule has 2 aromatic carbocycles. The fourth-order valence-electron chi connectivity index (χ4n) is 2.68. The predicted octanol–water partition coefficient (Wildman–Crippen LogP) is 3.92. The van der Waals surface area contributed by atoms with Gasteiger partial charge in [0, 0.05) is 42.5 Å². The first-order chi connectivity index (χ1) is 12.4. The second-order valence-electron chi connectivity index (χ2n) is 6.01. The normalized spacial score (nSPS) is 15.0. The Morgan fingerprint density at radius 1 is 1.23 bits per heavy atom. The number of benzene rings is 2. The van der Waals surface area contributed by atoms with E-state index >= 15 is 0 Å². The van der Waals surface area contributed by atoms with Crippen molar-refractivity contribution in [3.8, 4) is 5.75 Å². The Labute approximate surface area is 163 Å². The van der Waals surface area contributed by atoms with Gasteiger partial charge in [-0.15, -0.1) is 0 Å². The lowest BCUT2D eigenvalue weighted by Gasteiger charge is -2.14. The van der Waals surface area contributed by atoms with E-state index in [2.05, 4.69) is 5.32 Å². The maximum atomic E-state index is 6.45. The summed E-state index contributed by atoms with van der Waals surface area (Å²) >= 11 is 12.0. The summed E-state index contributed by atoms with van der Waals surface area (Å²) in [6, 6.07) is 11.2. The van der Waals surface area contributed by atoms with E-state index in [4.69, 9.17) is 39.3 Å². The van der Waals surface area contributed by atoms with Gasteiger partial charge < -0.3 is 20.7 Å². The van der Waals surface area contributed by atoms with Crippen molar-refractivity contribution in [1.29, 1.82) is 0 Å². The number of nitrogens with two attached hydrogens (primary N) is 1. The number of nitrogen functional groups attached to an aromatic ring is 1. The van der Waals surface area contributed by atoms with Gasteiger partial charge in [0.25, 0.3) is 0 Å². The van der Waals surface area contributed by atoms with Crippen molar-refractivity contribution in [3.05, 3.63) is 64.4 Å². The minimum Gasteiger partial charge on any atom is -0.495 e. The zero-order valence-corrected chi connectivity index (χ0v) is 16.3. The largest absolute Gasteiger partial charge is 0.495 e. The van der Waals surface area contributed by atoms with Gasteiger partial charge in [0.05, 0.1) is 24.2 Å². The summed E-state index contributed by atoms with van der Waals surface area (Å²) in [5.74, 6) is 0.567. The Morgan fingerprint density at radius 2 is 1.96 bits per heavy atom. The Balaban J connectivity index is 2.31. The van der Waals surface area contributed by atoms with Crippen LogP contribution in [-0.4, -0.2) is 36.8 Å². The summed E-state index contributed by atoms with van der Waals surface area (Å²) in [5, 5.41) is 3.84. The minimum absolute atomic E-state index is 0.508. The molecule has 134 valence electrons. The third-order valence-electron chi connectivity index (χ3n) is 3.85. The molecule has 0 spiro atoms. The molecule has 0 aromatic heterocycles. The molecule has 2 aromatic rings. The van der Waals surface area contributed by atoms with Crippen molar-refractivity contribution in [3.63, 3.8) is 0 Å². The molecule has 5 nitrogen and oxygen atoms in total. The van der Waals surface area contributed by atoms with Crippen molar-refractivity contribution in [1.82, 2.24) is 4.90 Å². The Hall–Kier alpha value is -2.57. The zero-order valence-electron chi connectivity index (χ0n) is 14.7. The second kappa shape index (κ2) is 7.35. The molecule has 0 bridgehead atoms. The molecule has 0 fully saturated rings. The first kappa shape index (κ1) is 18.2. The van der Waals surface area contributed by atoms with Crippen LogP contribution in [0.25, 0.3) is 0 Å². The van der Waals surface area contributed by atoms with Crippen LogP contribution in [-0.2, 0) is 0 Å². The minimum atomic E-state index is 0.508. The van der Waals surface area contributed by atoms with Crippen molar-refractivity contribution < 1.29 is 4.74 Å². The van der Waals surface area contributed by atoms with Gasteiger partial charge >= 0.3 is 0 Å². The molecule has 0 saturated carbocycles. The SMILES string of the molecule is COc1cc2c(cc1N)C(c1ccccc1Cl)=N/C(=C\N(C)C)C(=S)N2. The number of thiocarbonyl (C=S) groups is 1. The van der Waals surface area contributed by atoms with Crippen LogP contribution in [0.5, 0.6) is 5.75 Å². The predicted molar refractivity (Wildman–Crippen MR) is 112 cm³/mol. The number of nitrogens with zero attached hydrogens (tertiary/aromatic N) is 2. The number of anilines is 2. The Bertz CT molecular complexity index is 937. The summed E-state index contributed by atoms with van der Waals surface area (Å²) in [6.45, 7) is 0. The van der Waals surface area contributed by atoms with Gasteiger partial charge in [0.1, 0.15) is 16.4 Å². The number of aliphatic imine (C=N–C) groups is 1. The molecule has 26 heavy (non-hydrogen) atoms. The lowest BCUT2D eigenvalue weighted by atomic mass is 9.99. The van der Waals surface area contributed by atoms with E-state index in [1.54, 1.807) is 7.11 Å². The highest BCUT2D eigenvalue weighted by atomic mass is 35.5. The molecular weight excluding hydrogens is 368 g/mol. The molecule has 1 heterocycles. The molecule has 0 amide bonds. The average molecular weight is 387 g/mol. The van der Waals surface area contributed by atoms with Crippen LogP contribution in [0.1, 0.15) is 11.1 Å². The standard InChI is InChI=1S/C19H19ClN4OS/c1-24(2)10-16-19(26)23-15-9-17(25-3)14(21)8-12(15)18(22-16)11-6-4-5-7-13(11)20/h4-10H,21H2,1-3H3,(H,23,26)/b16-10-. The van der Waals surface area contributed by atoms with Crippen LogP contribution < -0.4 is 15.8 Å². The smallest absolute Gasteiger partial charge is 0.143 e. The quantitative estimate of drug-likeness (QED) is 0.475. The van der Waals surface area contributed by atoms with Crippen LogP contribution in [0.3, 0.4) is 0 Å². The summed E-state index contributed by atoms with van der Waals surface area (Å²) in [4.78, 5) is 7.22. The van der Waals surface area contributed by atoms with Gasteiger partial charge in [-0.1, -0.05) is 42.0 Å².